The Hall–Kier alpha value is -1.03. The third-order valence-corrected chi connectivity index (χ3v) is 1.53. The zero-order chi connectivity index (χ0) is 9.19. The number of amides is 1. The minimum Gasteiger partial charge on any atom is -0.415 e. The molecule has 0 saturated heterocycles. The SMILES string of the molecule is CC1(C)C=C(CCO)OC(=O)N1. The van der Waals surface area contributed by atoms with Gasteiger partial charge in [-0.1, -0.05) is 0 Å². The van der Waals surface area contributed by atoms with E-state index in [1.807, 2.05) is 13.8 Å². The van der Waals surface area contributed by atoms with Gasteiger partial charge in [-0.15, -0.1) is 0 Å². The number of carbonyl (C=O) groups excluding carboxylic acids is 1. The number of carbonyl (C=O) groups is 1. The van der Waals surface area contributed by atoms with Gasteiger partial charge in [0.15, 0.2) is 0 Å². The molecule has 0 spiro atoms. The summed E-state index contributed by atoms with van der Waals surface area (Å²) in [5.41, 5.74) is -0.375. The van der Waals surface area contributed by atoms with Crippen LogP contribution in [-0.2, 0) is 4.74 Å². The van der Waals surface area contributed by atoms with Gasteiger partial charge in [-0.2, -0.15) is 0 Å². The van der Waals surface area contributed by atoms with E-state index in [0.717, 1.165) is 0 Å². The van der Waals surface area contributed by atoms with E-state index >= 15 is 0 Å². The van der Waals surface area contributed by atoms with Gasteiger partial charge >= 0.3 is 6.09 Å². The van der Waals surface area contributed by atoms with Crippen molar-refractivity contribution in [2.24, 2.45) is 0 Å². The molecule has 1 aliphatic heterocycles. The molecule has 1 aliphatic rings. The summed E-state index contributed by atoms with van der Waals surface area (Å²) >= 11 is 0. The molecule has 1 rings (SSSR count). The summed E-state index contributed by atoms with van der Waals surface area (Å²) in [6.45, 7) is 3.73. The van der Waals surface area contributed by atoms with Crippen LogP contribution in [0.1, 0.15) is 20.3 Å². The summed E-state index contributed by atoms with van der Waals surface area (Å²) in [6.07, 6.45) is 1.73. The van der Waals surface area contributed by atoms with Crippen molar-refractivity contribution in [2.75, 3.05) is 6.61 Å². The lowest BCUT2D eigenvalue weighted by molar-refractivity contribution is 0.149. The molecule has 0 bridgehead atoms. The highest BCUT2D eigenvalue weighted by Crippen LogP contribution is 2.17. The van der Waals surface area contributed by atoms with Gasteiger partial charge in [-0.05, 0) is 19.9 Å². The number of hydrogen-bond acceptors (Lipinski definition) is 3. The van der Waals surface area contributed by atoms with Crippen LogP contribution in [0.25, 0.3) is 0 Å². The highest BCUT2D eigenvalue weighted by Gasteiger charge is 2.25. The minimum absolute atomic E-state index is 0.00477. The maximum Gasteiger partial charge on any atom is 0.412 e. The van der Waals surface area contributed by atoms with Gasteiger partial charge in [-0.3, -0.25) is 0 Å². The first-order chi connectivity index (χ1) is 5.53. The fourth-order valence-corrected chi connectivity index (χ4v) is 1.11. The van der Waals surface area contributed by atoms with Crippen LogP contribution >= 0.6 is 0 Å². The average molecular weight is 171 g/mol. The number of rotatable bonds is 2. The summed E-state index contributed by atoms with van der Waals surface area (Å²) in [6, 6.07) is 0. The third-order valence-electron chi connectivity index (χ3n) is 1.53. The molecule has 0 radical (unpaired) electrons. The number of cyclic esters (lactones) is 1. The van der Waals surface area contributed by atoms with E-state index in [0.29, 0.717) is 12.2 Å². The second-order valence-electron chi connectivity index (χ2n) is 3.32. The summed E-state index contributed by atoms with van der Waals surface area (Å²) in [4.78, 5) is 10.9. The lowest BCUT2D eigenvalue weighted by Gasteiger charge is -2.27. The molecule has 0 aromatic carbocycles. The molecular weight excluding hydrogens is 158 g/mol. The van der Waals surface area contributed by atoms with Gasteiger partial charge < -0.3 is 15.2 Å². The molecule has 2 N–H and O–H groups in total. The molecule has 0 atom stereocenters. The fraction of sp³-hybridized carbons (Fsp3) is 0.625. The highest BCUT2D eigenvalue weighted by atomic mass is 16.6. The van der Waals surface area contributed by atoms with Gasteiger partial charge in [0.1, 0.15) is 5.76 Å². The summed E-state index contributed by atoms with van der Waals surface area (Å²) in [5, 5.41) is 11.2. The van der Waals surface area contributed by atoms with Crippen LogP contribution in [0, 0.1) is 0 Å². The monoisotopic (exact) mass is 171 g/mol. The fourth-order valence-electron chi connectivity index (χ4n) is 1.11. The number of hydrogen-bond donors (Lipinski definition) is 2. The second kappa shape index (κ2) is 3.15. The number of aliphatic hydroxyl groups excluding tert-OH is 1. The van der Waals surface area contributed by atoms with Gasteiger partial charge in [0.2, 0.25) is 0 Å². The first kappa shape index (κ1) is 9.06. The molecule has 68 valence electrons. The Bertz CT molecular complexity index is 220. The van der Waals surface area contributed by atoms with Crippen LogP contribution in [0.4, 0.5) is 4.79 Å². The van der Waals surface area contributed by atoms with Crippen LogP contribution in [0.15, 0.2) is 11.8 Å². The van der Waals surface area contributed by atoms with Gasteiger partial charge in [0.05, 0.1) is 12.1 Å². The molecule has 4 heteroatoms. The van der Waals surface area contributed by atoms with Gasteiger partial charge in [0.25, 0.3) is 0 Å². The van der Waals surface area contributed by atoms with E-state index in [1.54, 1.807) is 6.08 Å². The lowest BCUT2D eigenvalue weighted by atomic mass is 10.0. The van der Waals surface area contributed by atoms with Crippen molar-refractivity contribution in [1.29, 1.82) is 0 Å². The number of alkyl carbamates (subject to hydrolysis) is 1. The smallest absolute Gasteiger partial charge is 0.412 e. The Labute approximate surface area is 71.2 Å². The molecule has 0 fully saturated rings. The summed E-state index contributed by atoms with van der Waals surface area (Å²) in [7, 11) is 0. The first-order valence-corrected chi connectivity index (χ1v) is 3.86. The van der Waals surface area contributed by atoms with E-state index in [-0.39, 0.29) is 12.1 Å². The van der Waals surface area contributed by atoms with E-state index in [2.05, 4.69) is 5.32 Å². The standard InChI is InChI=1S/C8H13NO3/c1-8(2)5-6(3-4-10)12-7(11)9-8/h5,10H,3-4H2,1-2H3,(H,9,11). The van der Waals surface area contributed by atoms with Crippen LogP contribution < -0.4 is 5.32 Å². The molecule has 1 amide bonds. The third kappa shape index (κ3) is 2.23. The molecule has 0 aliphatic carbocycles. The van der Waals surface area contributed by atoms with E-state index in [4.69, 9.17) is 9.84 Å². The normalized spacial score (nSPS) is 20.9. The zero-order valence-corrected chi connectivity index (χ0v) is 7.26. The Balaban J connectivity index is 2.73. The van der Waals surface area contributed by atoms with Crippen molar-refractivity contribution in [3.63, 3.8) is 0 Å². The predicted octanol–water partition coefficient (Wildman–Crippen LogP) is 0.771. The Morgan fingerprint density at radius 1 is 1.67 bits per heavy atom. The van der Waals surface area contributed by atoms with Crippen LogP contribution in [0.2, 0.25) is 0 Å². The maximum absolute atomic E-state index is 10.9. The molecule has 12 heavy (non-hydrogen) atoms. The van der Waals surface area contributed by atoms with E-state index in [1.165, 1.54) is 0 Å². The Morgan fingerprint density at radius 2 is 2.33 bits per heavy atom. The molecule has 4 nitrogen and oxygen atoms in total. The topological polar surface area (TPSA) is 58.6 Å². The van der Waals surface area contributed by atoms with Gasteiger partial charge in [-0.25, -0.2) is 4.79 Å². The number of nitrogens with one attached hydrogen (secondary N) is 1. The molecule has 0 unspecified atom stereocenters. The van der Waals surface area contributed by atoms with Crippen LogP contribution in [0.3, 0.4) is 0 Å². The Kier molecular flexibility index (Phi) is 2.38. The van der Waals surface area contributed by atoms with Gasteiger partial charge in [0, 0.05) is 6.42 Å². The van der Waals surface area contributed by atoms with Crippen molar-refractivity contribution in [2.45, 2.75) is 25.8 Å². The summed E-state index contributed by atoms with van der Waals surface area (Å²) < 4.78 is 4.81. The molecule has 0 aromatic rings. The number of ether oxygens (including phenoxy) is 1. The van der Waals surface area contributed by atoms with E-state index < -0.39 is 6.09 Å². The quantitative estimate of drug-likeness (QED) is 0.645. The Morgan fingerprint density at radius 3 is 2.83 bits per heavy atom. The van der Waals surface area contributed by atoms with Crippen LogP contribution in [-0.4, -0.2) is 23.3 Å². The highest BCUT2D eigenvalue weighted by molar-refractivity contribution is 5.71. The van der Waals surface area contributed by atoms with Crippen LogP contribution in [0.5, 0.6) is 0 Å². The second-order valence-corrected chi connectivity index (χ2v) is 3.32. The van der Waals surface area contributed by atoms with Crippen molar-refractivity contribution < 1.29 is 14.6 Å². The molecule has 0 saturated carbocycles. The van der Waals surface area contributed by atoms with Crippen molar-refractivity contribution in [3.8, 4) is 0 Å². The van der Waals surface area contributed by atoms with Crippen molar-refractivity contribution in [3.05, 3.63) is 11.8 Å². The summed E-state index contributed by atoms with van der Waals surface area (Å²) in [5.74, 6) is 0.534. The average Bonchev–Trinajstić information content (AvgIpc) is 1.82. The van der Waals surface area contributed by atoms with Crippen molar-refractivity contribution >= 4 is 6.09 Å². The number of aliphatic hydroxyl groups is 1. The zero-order valence-electron chi connectivity index (χ0n) is 7.26. The predicted molar refractivity (Wildman–Crippen MR) is 43.5 cm³/mol. The maximum atomic E-state index is 10.9. The largest absolute Gasteiger partial charge is 0.415 e. The first-order valence-electron chi connectivity index (χ1n) is 3.86. The minimum atomic E-state index is -0.453. The van der Waals surface area contributed by atoms with Crippen molar-refractivity contribution in [1.82, 2.24) is 5.32 Å². The molecule has 0 aromatic heterocycles. The lowest BCUT2D eigenvalue weighted by Crippen LogP contribution is -2.45. The van der Waals surface area contributed by atoms with E-state index in [9.17, 15) is 4.79 Å². The molecular formula is C8H13NO3. The molecule has 1 heterocycles.